The molecule has 0 atom stereocenters. The van der Waals surface area contributed by atoms with Crippen molar-refractivity contribution >= 4 is 36.9 Å². The number of sulfonamides is 1. The second-order valence-electron chi connectivity index (χ2n) is 4.40. The van der Waals surface area contributed by atoms with Gasteiger partial charge in [0, 0.05) is 10.6 Å². The lowest BCUT2D eigenvalue weighted by Gasteiger charge is -2.07. The van der Waals surface area contributed by atoms with E-state index in [4.69, 9.17) is 0 Å². The maximum Gasteiger partial charge on any atom is 0.271 e. The van der Waals surface area contributed by atoms with Crippen LogP contribution in [0.25, 0.3) is 0 Å². The number of rotatable bonds is 5. The van der Waals surface area contributed by atoms with Gasteiger partial charge in [-0.15, -0.1) is 11.3 Å². The highest BCUT2D eigenvalue weighted by Crippen LogP contribution is 2.24. The standard InChI is InChI=1S/C13H15NO4S3/c1-3-20(15,16)12-7-5-11(6-8-12)14-21(17,18)13-9-4-10(2)19-13/h4-9,14H,3H2,1-2H3. The summed E-state index contributed by atoms with van der Waals surface area (Å²) in [6, 6.07) is 8.96. The number of nitrogens with one attached hydrogen (secondary N) is 1. The number of hydrogen-bond acceptors (Lipinski definition) is 5. The summed E-state index contributed by atoms with van der Waals surface area (Å²) < 4.78 is 50.3. The summed E-state index contributed by atoms with van der Waals surface area (Å²) in [5.41, 5.74) is 0.330. The summed E-state index contributed by atoms with van der Waals surface area (Å²) in [7, 11) is -6.91. The molecule has 1 N–H and O–H groups in total. The fourth-order valence-electron chi connectivity index (χ4n) is 1.66. The minimum atomic E-state index is -3.63. The Bertz CT molecular complexity index is 834. The van der Waals surface area contributed by atoms with E-state index < -0.39 is 19.9 Å². The Morgan fingerprint density at radius 3 is 2.10 bits per heavy atom. The van der Waals surface area contributed by atoms with Gasteiger partial charge in [0.2, 0.25) is 0 Å². The lowest BCUT2D eigenvalue weighted by molar-refractivity contribution is 0.597. The molecule has 1 aromatic heterocycles. The van der Waals surface area contributed by atoms with E-state index in [9.17, 15) is 16.8 Å². The van der Waals surface area contributed by atoms with Gasteiger partial charge in [-0.25, -0.2) is 16.8 Å². The van der Waals surface area contributed by atoms with E-state index in [0.29, 0.717) is 5.69 Å². The van der Waals surface area contributed by atoms with E-state index >= 15 is 0 Å². The molecule has 21 heavy (non-hydrogen) atoms. The highest BCUT2D eigenvalue weighted by molar-refractivity contribution is 7.94. The number of aryl methyl sites for hydroxylation is 1. The van der Waals surface area contributed by atoms with E-state index in [-0.39, 0.29) is 14.9 Å². The van der Waals surface area contributed by atoms with Gasteiger partial charge in [0.1, 0.15) is 4.21 Å². The molecule has 1 aromatic carbocycles. The zero-order valence-electron chi connectivity index (χ0n) is 11.5. The first-order valence-corrected chi connectivity index (χ1v) is 10.1. The van der Waals surface area contributed by atoms with Crippen LogP contribution in [0.5, 0.6) is 0 Å². The average molecular weight is 345 g/mol. The second-order valence-corrected chi connectivity index (χ2v) is 9.87. The van der Waals surface area contributed by atoms with Gasteiger partial charge in [0.05, 0.1) is 10.6 Å². The molecule has 0 radical (unpaired) electrons. The third-order valence-corrected chi connectivity index (χ3v) is 7.45. The fraction of sp³-hybridized carbons (Fsp3) is 0.231. The van der Waals surface area contributed by atoms with Crippen molar-refractivity contribution in [3.63, 3.8) is 0 Å². The van der Waals surface area contributed by atoms with Crippen LogP contribution in [0.4, 0.5) is 5.69 Å². The molecule has 0 aliphatic carbocycles. The van der Waals surface area contributed by atoms with Crippen LogP contribution in [-0.4, -0.2) is 22.6 Å². The predicted octanol–water partition coefficient (Wildman–Crippen LogP) is 2.65. The molecule has 0 spiro atoms. The molecule has 0 saturated heterocycles. The molecule has 5 nitrogen and oxygen atoms in total. The Hall–Kier alpha value is -1.38. The van der Waals surface area contributed by atoms with Crippen molar-refractivity contribution in [2.24, 2.45) is 0 Å². The quantitative estimate of drug-likeness (QED) is 0.903. The Balaban J connectivity index is 2.25. The van der Waals surface area contributed by atoms with Crippen molar-refractivity contribution in [3.05, 3.63) is 41.3 Å². The molecule has 114 valence electrons. The highest BCUT2D eigenvalue weighted by Gasteiger charge is 2.17. The summed E-state index contributed by atoms with van der Waals surface area (Å²) in [6.07, 6.45) is 0. The number of anilines is 1. The maximum atomic E-state index is 12.1. The van der Waals surface area contributed by atoms with Gasteiger partial charge in [0.15, 0.2) is 9.84 Å². The van der Waals surface area contributed by atoms with Crippen LogP contribution >= 0.6 is 11.3 Å². The molecule has 0 unspecified atom stereocenters. The van der Waals surface area contributed by atoms with Gasteiger partial charge < -0.3 is 0 Å². The smallest absolute Gasteiger partial charge is 0.271 e. The van der Waals surface area contributed by atoms with Gasteiger partial charge in [-0.1, -0.05) is 6.92 Å². The zero-order valence-corrected chi connectivity index (χ0v) is 14.0. The Kier molecular flexibility index (Phi) is 4.40. The number of benzene rings is 1. The van der Waals surface area contributed by atoms with Gasteiger partial charge in [0.25, 0.3) is 10.0 Å². The van der Waals surface area contributed by atoms with Crippen molar-refractivity contribution in [1.29, 1.82) is 0 Å². The monoisotopic (exact) mass is 345 g/mol. The molecule has 0 amide bonds. The van der Waals surface area contributed by atoms with Crippen molar-refractivity contribution in [2.75, 3.05) is 10.5 Å². The van der Waals surface area contributed by atoms with Crippen LogP contribution in [0, 0.1) is 6.92 Å². The summed E-state index contributed by atoms with van der Waals surface area (Å²) in [5.74, 6) is 0.00649. The van der Waals surface area contributed by atoms with E-state index in [0.717, 1.165) is 4.88 Å². The molecule has 0 aliphatic rings. The molecule has 0 bridgehead atoms. The average Bonchev–Trinajstić information content (AvgIpc) is 2.86. The SMILES string of the molecule is CCS(=O)(=O)c1ccc(NS(=O)(=O)c2ccc(C)s2)cc1. The van der Waals surface area contributed by atoms with Crippen LogP contribution in [0.2, 0.25) is 0 Å². The number of thiophene rings is 1. The Labute approximate surface area is 128 Å². The van der Waals surface area contributed by atoms with E-state index in [1.165, 1.54) is 41.7 Å². The molecule has 0 fully saturated rings. The number of hydrogen-bond donors (Lipinski definition) is 1. The summed E-state index contributed by atoms with van der Waals surface area (Å²) in [4.78, 5) is 1.08. The van der Waals surface area contributed by atoms with Gasteiger partial charge >= 0.3 is 0 Å². The first kappa shape index (κ1) is 16.0. The third kappa shape index (κ3) is 3.63. The summed E-state index contributed by atoms with van der Waals surface area (Å²) >= 11 is 1.18. The van der Waals surface area contributed by atoms with E-state index in [1.54, 1.807) is 13.0 Å². The van der Waals surface area contributed by atoms with Crippen molar-refractivity contribution in [1.82, 2.24) is 0 Å². The highest BCUT2D eigenvalue weighted by atomic mass is 32.2. The van der Waals surface area contributed by atoms with Crippen LogP contribution in [0.15, 0.2) is 45.5 Å². The first-order valence-electron chi connectivity index (χ1n) is 6.17. The topological polar surface area (TPSA) is 80.3 Å². The predicted molar refractivity (Wildman–Crippen MR) is 84.0 cm³/mol. The molecule has 1 heterocycles. The van der Waals surface area contributed by atoms with Crippen molar-refractivity contribution < 1.29 is 16.8 Å². The summed E-state index contributed by atoms with van der Waals surface area (Å²) in [5, 5.41) is 0. The molecular weight excluding hydrogens is 330 g/mol. The van der Waals surface area contributed by atoms with E-state index in [1.807, 2.05) is 6.92 Å². The van der Waals surface area contributed by atoms with Crippen LogP contribution in [0.1, 0.15) is 11.8 Å². The van der Waals surface area contributed by atoms with Crippen LogP contribution in [-0.2, 0) is 19.9 Å². The maximum absolute atomic E-state index is 12.1. The molecule has 8 heteroatoms. The Morgan fingerprint density at radius 1 is 1.00 bits per heavy atom. The number of sulfone groups is 1. The molecular formula is C13H15NO4S3. The molecule has 0 aliphatic heterocycles. The first-order chi connectivity index (χ1) is 9.74. The molecule has 2 rings (SSSR count). The third-order valence-electron chi connectivity index (χ3n) is 2.83. The zero-order chi connectivity index (χ0) is 15.7. The minimum absolute atomic E-state index is 0.00649. The minimum Gasteiger partial charge on any atom is -0.279 e. The van der Waals surface area contributed by atoms with Gasteiger partial charge in [-0.2, -0.15) is 0 Å². The molecule has 2 aromatic rings. The van der Waals surface area contributed by atoms with Crippen molar-refractivity contribution in [2.45, 2.75) is 23.0 Å². The second kappa shape index (κ2) is 5.78. The Morgan fingerprint density at radius 2 is 1.62 bits per heavy atom. The van der Waals surface area contributed by atoms with Gasteiger partial charge in [-0.3, -0.25) is 4.72 Å². The van der Waals surface area contributed by atoms with E-state index in [2.05, 4.69) is 4.72 Å². The van der Waals surface area contributed by atoms with Gasteiger partial charge in [-0.05, 0) is 43.3 Å². The van der Waals surface area contributed by atoms with Crippen molar-refractivity contribution in [3.8, 4) is 0 Å². The lowest BCUT2D eigenvalue weighted by Crippen LogP contribution is -2.11. The van der Waals surface area contributed by atoms with Crippen LogP contribution in [0.3, 0.4) is 0 Å². The fourth-order valence-corrected chi connectivity index (χ4v) is 4.88. The normalized spacial score (nSPS) is 12.3. The van der Waals surface area contributed by atoms with Crippen LogP contribution < -0.4 is 4.72 Å². The largest absolute Gasteiger partial charge is 0.279 e. The molecule has 0 saturated carbocycles. The lowest BCUT2D eigenvalue weighted by atomic mass is 10.3. The summed E-state index contributed by atoms with van der Waals surface area (Å²) in [6.45, 7) is 3.39.